The predicted octanol–water partition coefficient (Wildman–Crippen LogP) is 13.2. The molecule has 0 saturated heterocycles. The summed E-state index contributed by atoms with van der Waals surface area (Å²) in [4.78, 5) is 25.1. The summed E-state index contributed by atoms with van der Waals surface area (Å²) in [6.07, 6.45) is 35.4. The lowest BCUT2D eigenvalue weighted by atomic mass is 9.49. The molecule has 0 aromatic heterocycles. The minimum Gasteiger partial charge on any atom is -0.481 e. The fraction of sp³-hybridized carbons (Fsp3) is 0.964. The second kappa shape index (κ2) is 19.9. The predicted molar refractivity (Wildman–Crippen MR) is 251 cm³/mol. The number of carbonyl (C=O) groups excluding carboxylic acids is 1. The van der Waals surface area contributed by atoms with Crippen molar-refractivity contribution in [3.63, 3.8) is 0 Å². The van der Waals surface area contributed by atoms with Gasteiger partial charge < -0.3 is 21.1 Å². The van der Waals surface area contributed by atoms with Crippen molar-refractivity contribution in [3.8, 4) is 0 Å². The van der Waals surface area contributed by atoms with E-state index in [1.807, 2.05) is 6.92 Å². The van der Waals surface area contributed by atoms with Crippen LogP contribution in [0.25, 0.3) is 0 Å². The standard InChI is InChI=1S/C27H44O2.C20H32O3.C6H13N.2CH4/c1-26(29)14-12-20-19(17-26)8-9-22-21(20)13-15-27(2)23(22)10-11-24(27)25(28)16-18-6-4-3-5-7-18;1-19(23)9-7-13-12(11-19)3-4-15-14(13)8-10-20(2)16(15)5-6-17(20)18(21)22;7-6-4-2-1-3-5-6;;/h18-24,29H,3-17H2,1-2H3;12-17,23H,3-11H2,1-2H3,(H,21,22);6H,1-5,7H2;2*1H4/t19-,20+,21-,22-,23+,24-,26-,27+;12-,13+,14-,15-,16+,17-,19-,20+;;;/m11.../s1. The van der Waals surface area contributed by atoms with Gasteiger partial charge in [-0.3, -0.25) is 9.59 Å². The van der Waals surface area contributed by atoms with Crippen LogP contribution in [0.3, 0.4) is 0 Å². The van der Waals surface area contributed by atoms with Crippen LogP contribution in [0.1, 0.15) is 229 Å². The van der Waals surface area contributed by atoms with E-state index in [4.69, 9.17) is 5.73 Å². The summed E-state index contributed by atoms with van der Waals surface area (Å²) in [5.74, 6) is 8.88. The second-order valence-corrected chi connectivity index (χ2v) is 24.6. The summed E-state index contributed by atoms with van der Waals surface area (Å²) < 4.78 is 0. The Morgan fingerprint density at radius 2 is 0.918 bits per heavy atom. The number of aliphatic carboxylic acids is 1. The Bertz CT molecular complexity index is 1450. The molecule has 10 aliphatic carbocycles. The topological polar surface area (TPSA) is 121 Å². The molecule has 0 aromatic carbocycles. The first kappa shape index (κ1) is 49.5. The monoisotopic (exact) mass is 852 g/mol. The van der Waals surface area contributed by atoms with E-state index in [1.54, 1.807) is 0 Å². The minimum atomic E-state index is -0.559. The molecule has 0 heterocycles. The Morgan fingerprint density at radius 3 is 1.36 bits per heavy atom. The SMILES string of the molecule is C.C.C[C@@]1(O)CC[C@H]2[C@H](CC[C@@H]3[C@@H]2CC[C@]2(C)[C@@H](C(=O)CC4CCCCC4)CC[C@@H]32)C1.C[C@@]1(O)CC[C@H]2[C@H](CC[C@@H]3[C@@H]2CC[C@]2(C)[C@@H](C(=O)O)CC[C@@H]32)C1.NC1CCCCC1. The van der Waals surface area contributed by atoms with E-state index in [0.717, 1.165) is 98.7 Å². The Labute approximate surface area is 374 Å². The first-order valence-corrected chi connectivity index (χ1v) is 26.0. The summed E-state index contributed by atoms with van der Waals surface area (Å²) in [7, 11) is 0. The third-order valence-electron chi connectivity index (χ3n) is 21.0. The van der Waals surface area contributed by atoms with E-state index in [0.29, 0.717) is 40.9 Å². The lowest BCUT2D eigenvalue weighted by Crippen LogP contribution is -2.51. The molecule has 0 amide bonds. The van der Waals surface area contributed by atoms with Crippen LogP contribution in [0.2, 0.25) is 0 Å². The number of hydrogen-bond acceptors (Lipinski definition) is 5. The van der Waals surface area contributed by atoms with Gasteiger partial charge in [-0.05, 0) is 218 Å². The molecule has 10 saturated carbocycles. The highest BCUT2D eigenvalue weighted by molar-refractivity contribution is 5.82. The molecule has 16 atom stereocenters. The Kier molecular flexibility index (Phi) is 16.1. The number of fused-ring (bicyclic) bond motifs is 10. The van der Waals surface area contributed by atoms with Crippen LogP contribution in [-0.4, -0.2) is 44.3 Å². The molecule has 6 nitrogen and oxygen atoms in total. The Balaban J connectivity index is 0.000000174. The second-order valence-electron chi connectivity index (χ2n) is 24.6. The van der Waals surface area contributed by atoms with Gasteiger partial charge in [0.15, 0.2) is 0 Å². The van der Waals surface area contributed by atoms with Crippen molar-refractivity contribution in [3.05, 3.63) is 0 Å². The molecule has 0 radical (unpaired) electrons. The number of carbonyl (C=O) groups is 2. The van der Waals surface area contributed by atoms with Gasteiger partial charge in [0.05, 0.1) is 17.1 Å². The minimum absolute atomic E-state index is 0. The number of nitrogens with two attached hydrogens (primary N) is 1. The van der Waals surface area contributed by atoms with E-state index in [2.05, 4.69) is 20.8 Å². The number of Topliss-reactive ketones (excluding diaryl/α,β-unsaturated/α-hetero) is 1. The van der Waals surface area contributed by atoms with Gasteiger partial charge in [0.1, 0.15) is 5.78 Å². The van der Waals surface area contributed by atoms with Gasteiger partial charge in [-0.1, -0.05) is 80.1 Å². The van der Waals surface area contributed by atoms with Crippen LogP contribution in [-0.2, 0) is 9.59 Å². The van der Waals surface area contributed by atoms with E-state index in [-0.39, 0.29) is 26.2 Å². The average molecular weight is 852 g/mol. The van der Waals surface area contributed by atoms with Crippen LogP contribution in [0.15, 0.2) is 0 Å². The zero-order valence-corrected chi connectivity index (χ0v) is 38.3. The summed E-state index contributed by atoms with van der Waals surface area (Å²) in [6, 6.07) is 0.536. The maximum atomic E-state index is 13.4. The third kappa shape index (κ3) is 10.2. The zero-order chi connectivity index (χ0) is 41.7. The van der Waals surface area contributed by atoms with Crippen LogP contribution >= 0.6 is 0 Å². The molecule has 5 N–H and O–H groups in total. The first-order chi connectivity index (χ1) is 28.1. The number of rotatable bonds is 4. The molecular formula is C55H97NO5. The van der Waals surface area contributed by atoms with Gasteiger partial charge in [-0.25, -0.2) is 0 Å². The summed E-state index contributed by atoms with van der Waals surface area (Å²) in [5, 5.41) is 30.7. The van der Waals surface area contributed by atoms with E-state index < -0.39 is 17.2 Å². The molecule has 0 spiro atoms. The molecule has 0 bridgehead atoms. The van der Waals surface area contributed by atoms with E-state index in [1.165, 1.54) is 135 Å². The molecule has 61 heavy (non-hydrogen) atoms. The largest absolute Gasteiger partial charge is 0.481 e. The van der Waals surface area contributed by atoms with Gasteiger partial charge in [0.2, 0.25) is 0 Å². The molecule has 10 rings (SSSR count). The van der Waals surface area contributed by atoms with Crippen molar-refractivity contribution in [1.29, 1.82) is 0 Å². The van der Waals surface area contributed by atoms with Crippen LogP contribution in [0, 0.1) is 87.8 Å². The zero-order valence-electron chi connectivity index (χ0n) is 38.3. The van der Waals surface area contributed by atoms with E-state index in [9.17, 15) is 24.9 Å². The van der Waals surface area contributed by atoms with E-state index >= 15 is 0 Å². The number of carboxylic acids is 1. The molecule has 0 aliphatic heterocycles. The van der Waals surface area contributed by atoms with Crippen molar-refractivity contribution in [1.82, 2.24) is 0 Å². The van der Waals surface area contributed by atoms with Crippen molar-refractivity contribution in [2.24, 2.45) is 93.5 Å². The number of aliphatic hydroxyl groups is 2. The summed E-state index contributed by atoms with van der Waals surface area (Å²) >= 11 is 0. The average Bonchev–Trinajstić information content (AvgIpc) is 3.75. The fourth-order valence-corrected chi connectivity index (χ4v) is 18.1. The van der Waals surface area contributed by atoms with Crippen molar-refractivity contribution >= 4 is 11.8 Å². The molecule has 10 aliphatic rings. The fourth-order valence-electron chi connectivity index (χ4n) is 18.1. The quantitative estimate of drug-likeness (QED) is 0.224. The number of ketones is 1. The Morgan fingerprint density at radius 1 is 0.492 bits per heavy atom. The summed E-state index contributed by atoms with van der Waals surface area (Å²) in [5.41, 5.74) is 5.11. The molecule has 0 unspecified atom stereocenters. The molecule has 10 fully saturated rings. The molecular weight excluding hydrogens is 755 g/mol. The van der Waals surface area contributed by atoms with Crippen LogP contribution < -0.4 is 5.73 Å². The maximum absolute atomic E-state index is 13.4. The highest BCUT2D eigenvalue weighted by Crippen LogP contribution is 2.66. The van der Waals surface area contributed by atoms with Crippen molar-refractivity contribution in [2.75, 3.05) is 0 Å². The number of hydrogen-bond donors (Lipinski definition) is 4. The normalized spacial score (nSPS) is 47.9. The highest BCUT2D eigenvalue weighted by Gasteiger charge is 2.60. The van der Waals surface area contributed by atoms with Gasteiger partial charge in [0, 0.05) is 18.4 Å². The molecule has 0 aromatic rings. The number of carboxylic acid groups (broad SMARTS) is 1. The van der Waals surface area contributed by atoms with Crippen molar-refractivity contribution < 1.29 is 24.9 Å². The van der Waals surface area contributed by atoms with Crippen LogP contribution in [0.4, 0.5) is 0 Å². The Hall–Kier alpha value is -0.980. The molecule has 6 heteroatoms. The van der Waals surface area contributed by atoms with Gasteiger partial charge >= 0.3 is 5.97 Å². The lowest BCUT2D eigenvalue weighted by Gasteiger charge is -2.57. The van der Waals surface area contributed by atoms with Crippen LogP contribution in [0.5, 0.6) is 0 Å². The van der Waals surface area contributed by atoms with Gasteiger partial charge in [-0.2, -0.15) is 0 Å². The summed E-state index contributed by atoms with van der Waals surface area (Å²) in [6.45, 7) is 8.87. The van der Waals surface area contributed by atoms with Gasteiger partial charge in [-0.15, -0.1) is 0 Å². The first-order valence-electron chi connectivity index (χ1n) is 26.0. The van der Waals surface area contributed by atoms with Crippen molar-refractivity contribution in [2.45, 2.75) is 246 Å². The maximum Gasteiger partial charge on any atom is 0.307 e. The third-order valence-corrected chi connectivity index (χ3v) is 21.0. The van der Waals surface area contributed by atoms with Gasteiger partial charge in [0.25, 0.3) is 0 Å². The lowest BCUT2D eigenvalue weighted by molar-refractivity contribution is -0.150. The highest BCUT2D eigenvalue weighted by atomic mass is 16.4. The smallest absolute Gasteiger partial charge is 0.307 e. The molecule has 352 valence electrons.